The lowest BCUT2D eigenvalue weighted by Gasteiger charge is -2.32. The van der Waals surface area contributed by atoms with E-state index in [4.69, 9.17) is 5.90 Å². The summed E-state index contributed by atoms with van der Waals surface area (Å²) in [5, 5.41) is 2.79. The van der Waals surface area contributed by atoms with Gasteiger partial charge in [-0.15, -0.1) is 0 Å². The molecule has 0 aromatic carbocycles. The Morgan fingerprint density at radius 3 is 3.25 bits per heavy atom. The highest BCUT2D eigenvalue weighted by atomic mass is 16.6. The normalized spacial score (nSPS) is 25.5. The molecular formula is C7H15N3O2. The van der Waals surface area contributed by atoms with E-state index in [0.717, 1.165) is 6.54 Å². The summed E-state index contributed by atoms with van der Waals surface area (Å²) in [4.78, 5) is 17.6. The van der Waals surface area contributed by atoms with Crippen LogP contribution >= 0.6 is 0 Å². The first-order valence-corrected chi connectivity index (χ1v) is 4.09. The molecule has 70 valence electrons. The molecule has 5 nitrogen and oxygen atoms in total. The van der Waals surface area contributed by atoms with Crippen molar-refractivity contribution in [2.24, 2.45) is 5.90 Å². The molecule has 1 saturated heterocycles. The summed E-state index contributed by atoms with van der Waals surface area (Å²) in [6.45, 7) is 4.65. The minimum atomic E-state index is -0.0612. The van der Waals surface area contributed by atoms with Gasteiger partial charge in [-0.25, -0.2) is 5.90 Å². The van der Waals surface area contributed by atoms with Crippen LogP contribution in [0.1, 0.15) is 6.92 Å². The molecule has 12 heavy (non-hydrogen) atoms. The number of rotatable bonds is 3. The highest BCUT2D eigenvalue weighted by Crippen LogP contribution is 2.02. The molecule has 0 spiro atoms. The average molecular weight is 173 g/mol. The van der Waals surface area contributed by atoms with E-state index in [1.807, 2.05) is 11.8 Å². The number of nitrogens with zero attached hydrogens (tertiary/aromatic N) is 1. The molecule has 0 aromatic rings. The summed E-state index contributed by atoms with van der Waals surface area (Å²) in [5.74, 6) is 4.98. The quantitative estimate of drug-likeness (QED) is 0.520. The second kappa shape index (κ2) is 4.39. The number of amides is 1. The summed E-state index contributed by atoms with van der Waals surface area (Å²) in [7, 11) is 0. The zero-order valence-electron chi connectivity index (χ0n) is 7.25. The Balaban J connectivity index is 2.35. The van der Waals surface area contributed by atoms with E-state index in [2.05, 4.69) is 10.2 Å². The third-order valence-corrected chi connectivity index (χ3v) is 2.12. The lowest BCUT2D eigenvalue weighted by atomic mass is 10.2. The minimum absolute atomic E-state index is 0.0612. The van der Waals surface area contributed by atoms with Crippen molar-refractivity contribution in [2.75, 3.05) is 26.2 Å². The van der Waals surface area contributed by atoms with Gasteiger partial charge < -0.3 is 10.2 Å². The molecular weight excluding hydrogens is 158 g/mol. The molecule has 1 heterocycles. The number of hydrogen-bond donors (Lipinski definition) is 2. The molecule has 0 saturated carbocycles. The Bertz CT molecular complexity index is 163. The zero-order chi connectivity index (χ0) is 8.97. The third-order valence-electron chi connectivity index (χ3n) is 2.12. The number of piperazine rings is 1. The van der Waals surface area contributed by atoms with Gasteiger partial charge in [0.05, 0.1) is 12.6 Å². The lowest BCUT2D eigenvalue weighted by Crippen LogP contribution is -2.54. The van der Waals surface area contributed by atoms with Gasteiger partial charge in [-0.2, -0.15) is 0 Å². The number of nitrogens with one attached hydrogen (secondary N) is 1. The van der Waals surface area contributed by atoms with Crippen LogP contribution in [-0.4, -0.2) is 43.1 Å². The fraction of sp³-hybridized carbons (Fsp3) is 0.857. The molecule has 1 rings (SSSR count). The SMILES string of the molecule is CC1C(=O)NCCN1CCON. The van der Waals surface area contributed by atoms with E-state index in [0.29, 0.717) is 19.7 Å². The van der Waals surface area contributed by atoms with E-state index >= 15 is 0 Å². The van der Waals surface area contributed by atoms with Crippen LogP contribution in [0.2, 0.25) is 0 Å². The van der Waals surface area contributed by atoms with Crippen LogP contribution in [0.4, 0.5) is 0 Å². The Morgan fingerprint density at radius 1 is 1.83 bits per heavy atom. The highest BCUT2D eigenvalue weighted by Gasteiger charge is 2.24. The van der Waals surface area contributed by atoms with Crippen LogP contribution in [0.3, 0.4) is 0 Å². The molecule has 1 amide bonds. The zero-order valence-corrected chi connectivity index (χ0v) is 7.25. The third kappa shape index (κ3) is 2.17. The summed E-state index contributed by atoms with van der Waals surface area (Å²) >= 11 is 0. The van der Waals surface area contributed by atoms with Crippen LogP contribution < -0.4 is 11.2 Å². The minimum Gasteiger partial charge on any atom is -0.353 e. The summed E-state index contributed by atoms with van der Waals surface area (Å²) in [5.41, 5.74) is 0. The van der Waals surface area contributed by atoms with Gasteiger partial charge in [0.1, 0.15) is 0 Å². The number of nitrogens with two attached hydrogens (primary N) is 1. The van der Waals surface area contributed by atoms with E-state index in [9.17, 15) is 4.79 Å². The van der Waals surface area contributed by atoms with Crippen LogP contribution in [0, 0.1) is 0 Å². The van der Waals surface area contributed by atoms with E-state index in [1.165, 1.54) is 0 Å². The molecule has 0 bridgehead atoms. The predicted octanol–water partition coefficient (Wildman–Crippen LogP) is -1.30. The number of carbonyl (C=O) groups is 1. The predicted molar refractivity (Wildman–Crippen MR) is 44.2 cm³/mol. The maximum atomic E-state index is 11.1. The van der Waals surface area contributed by atoms with E-state index in [-0.39, 0.29) is 11.9 Å². The smallest absolute Gasteiger partial charge is 0.237 e. The maximum absolute atomic E-state index is 11.1. The molecule has 0 aromatic heterocycles. The Kier molecular flexibility index (Phi) is 3.46. The van der Waals surface area contributed by atoms with E-state index in [1.54, 1.807) is 0 Å². The van der Waals surface area contributed by atoms with Crippen molar-refractivity contribution < 1.29 is 9.63 Å². The van der Waals surface area contributed by atoms with Crippen molar-refractivity contribution >= 4 is 5.91 Å². The van der Waals surface area contributed by atoms with Crippen LogP contribution in [0.15, 0.2) is 0 Å². The van der Waals surface area contributed by atoms with Crippen molar-refractivity contribution in [3.05, 3.63) is 0 Å². The van der Waals surface area contributed by atoms with Gasteiger partial charge in [0.2, 0.25) is 5.91 Å². The number of hydrogen-bond acceptors (Lipinski definition) is 4. The van der Waals surface area contributed by atoms with Gasteiger partial charge in [0.25, 0.3) is 0 Å². The van der Waals surface area contributed by atoms with Gasteiger partial charge in [0.15, 0.2) is 0 Å². The van der Waals surface area contributed by atoms with Gasteiger partial charge in [-0.3, -0.25) is 9.69 Å². The highest BCUT2D eigenvalue weighted by molar-refractivity contribution is 5.81. The van der Waals surface area contributed by atoms with Crippen molar-refractivity contribution in [1.29, 1.82) is 0 Å². The Hall–Kier alpha value is -0.650. The molecule has 1 aliphatic heterocycles. The summed E-state index contributed by atoms with van der Waals surface area (Å²) in [6.07, 6.45) is 0. The molecule has 1 fully saturated rings. The molecule has 5 heteroatoms. The molecule has 1 unspecified atom stereocenters. The topological polar surface area (TPSA) is 67.6 Å². The Labute approximate surface area is 71.8 Å². The van der Waals surface area contributed by atoms with Crippen LogP contribution in [0.5, 0.6) is 0 Å². The Morgan fingerprint density at radius 2 is 2.58 bits per heavy atom. The van der Waals surface area contributed by atoms with Crippen molar-refractivity contribution in [3.8, 4) is 0 Å². The second-order valence-corrected chi connectivity index (χ2v) is 2.87. The van der Waals surface area contributed by atoms with Gasteiger partial charge in [-0.1, -0.05) is 0 Å². The van der Waals surface area contributed by atoms with Gasteiger partial charge >= 0.3 is 0 Å². The van der Waals surface area contributed by atoms with E-state index < -0.39 is 0 Å². The molecule has 3 N–H and O–H groups in total. The molecule has 1 aliphatic rings. The first-order valence-electron chi connectivity index (χ1n) is 4.09. The van der Waals surface area contributed by atoms with Gasteiger partial charge in [0, 0.05) is 19.6 Å². The monoisotopic (exact) mass is 173 g/mol. The van der Waals surface area contributed by atoms with Crippen molar-refractivity contribution in [3.63, 3.8) is 0 Å². The summed E-state index contributed by atoms with van der Waals surface area (Å²) < 4.78 is 0. The van der Waals surface area contributed by atoms with Crippen molar-refractivity contribution in [1.82, 2.24) is 10.2 Å². The molecule has 0 radical (unpaired) electrons. The van der Waals surface area contributed by atoms with Crippen molar-refractivity contribution in [2.45, 2.75) is 13.0 Å². The fourth-order valence-corrected chi connectivity index (χ4v) is 1.31. The standard InChI is InChI=1S/C7H15N3O2/c1-6-7(11)9-2-3-10(6)4-5-12-8/h6H,2-5,8H2,1H3,(H,9,11). The molecule has 0 aliphatic carbocycles. The first kappa shape index (κ1) is 9.44. The lowest BCUT2D eigenvalue weighted by molar-refractivity contribution is -0.128. The molecule has 1 atom stereocenters. The van der Waals surface area contributed by atoms with Crippen LogP contribution in [-0.2, 0) is 9.63 Å². The summed E-state index contributed by atoms with van der Waals surface area (Å²) in [6, 6.07) is -0.0612. The second-order valence-electron chi connectivity index (χ2n) is 2.87. The maximum Gasteiger partial charge on any atom is 0.237 e. The van der Waals surface area contributed by atoms with Crippen LogP contribution in [0.25, 0.3) is 0 Å². The number of carbonyl (C=O) groups excluding carboxylic acids is 1. The van der Waals surface area contributed by atoms with Gasteiger partial charge in [-0.05, 0) is 6.92 Å². The first-order chi connectivity index (χ1) is 5.75. The fourth-order valence-electron chi connectivity index (χ4n) is 1.31. The largest absolute Gasteiger partial charge is 0.353 e. The average Bonchev–Trinajstić information content (AvgIpc) is 2.08.